The molecule has 6 heteroatoms. The predicted octanol–water partition coefficient (Wildman–Crippen LogP) is 5.66. The van der Waals surface area contributed by atoms with Crippen LogP contribution in [0.2, 0.25) is 0 Å². The smallest absolute Gasteiger partial charge is 0.141 e. The second-order valence-electron chi connectivity index (χ2n) is 9.74. The second kappa shape index (κ2) is 8.47. The summed E-state index contributed by atoms with van der Waals surface area (Å²) in [6.45, 7) is 11.5. The van der Waals surface area contributed by atoms with Gasteiger partial charge in [-0.15, -0.1) is 0 Å². The largest absolute Gasteiger partial charge is 0.366 e. The van der Waals surface area contributed by atoms with E-state index in [0.717, 1.165) is 65.4 Å². The molecule has 1 saturated carbocycles. The lowest BCUT2D eigenvalue weighted by Gasteiger charge is -2.22. The van der Waals surface area contributed by atoms with E-state index in [2.05, 4.69) is 58.4 Å². The number of aromatic nitrogens is 4. The van der Waals surface area contributed by atoms with Crippen LogP contribution < -0.4 is 0 Å². The molecule has 33 heavy (non-hydrogen) atoms. The van der Waals surface area contributed by atoms with Gasteiger partial charge in [-0.25, -0.2) is 4.98 Å². The lowest BCUT2D eigenvalue weighted by molar-refractivity contribution is 0.268. The summed E-state index contributed by atoms with van der Waals surface area (Å²) in [4.78, 5) is 11.7. The van der Waals surface area contributed by atoms with E-state index in [1.54, 1.807) is 6.07 Å². The molecule has 1 aliphatic carbocycles. The first-order chi connectivity index (χ1) is 16.0. The molecule has 1 fully saturated rings. The average molecular weight is 439 g/mol. The van der Waals surface area contributed by atoms with Crippen molar-refractivity contribution in [1.82, 2.24) is 24.6 Å². The van der Waals surface area contributed by atoms with Crippen LogP contribution >= 0.6 is 0 Å². The number of hydrogen-bond donors (Lipinski definition) is 0. The molecule has 5 rings (SSSR count). The average Bonchev–Trinajstić information content (AvgIpc) is 3.54. The van der Waals surface area contributed by atoms with Crippen molar-refractivity contribution < 1.29 is 0 Å². The fourth-order valence-corrected chi connectivity index (χ4v) is 5.27. The number of pyridine rings is 2. The van der Waals surface area contributed by atoms with Crippen LogP contribution in [-0.2, 0) is 13.1 Å². The third kappa shape index (κ3) is 4.04. The topological polar surface area (TPSA) is 70.6 Å². The number of fused-ring (bicyclic) bond motifs is 1. The van der Waals surface area contributed by atoms with E-state index in [9.17, 15) is 5.26 Å². The van der Waals surface area contributed by atoms with Gasteiger partial charge in [-0.1, -0.05) is 33.3 Å². The molecule has 0 saturated heterocycles. The van der Waals surface area contributed by atoms with Gasteiger partial charge in [0.2, 0.25) is 0 Å². The summed E-state index contributed by atoms with van der Waals surface area (Å²) < 4.78 is 2.06. The summed E-state index contributed by atoms with van der Waals surface area (Å²) in [5.74, 6) is 0. The zero-order chi connectivity index (χ0) is 23.0. The Balaban J connectivity index is 1.51. The Labute approximate surface area is 195 Å². The van der Waals surface area contributed by atoms with E-state index >= 15 is 0 Å². The molecule has 0 aromatic carbocycles. The molecule has 2 aliphatic rings. The molecule has 0 bridgehead atoms. The highest BCUT2D eigenvalue weighted by Gasteiger charge is 2.29. The molecule has 0 unspecified atom stereocenters. The van der Waals surface area contributed by atoms with Gasteiger partial charge < -0.3 is 4.90 Å². The molecule has 3 aromatic heterocycles. The molecule has 168 valence electrons. The molecule has 0 radical (unpaired) electrons. The summed E-state index contributed by atoms with van der Waals surface area (Å²) in [6.07, 6.45) is 12.1. The van der Waals surface area contributed by atoms with Gasteiger partial charge in [-0.2, -0.15) is 10.4 Å². The fourth-order valence-electron chi connectivity index (χ4n) is 5.27. The number of rotatable bonds is 6. The van der Waals surface area contributed by atoms with Gasteiger partial charge in [0.25, 0.3) is 0 Å². The highest BCUT2D eigenvalue weighted by molar-refractivity contribution is 5.82. The molecule has 0 amide bonds. The van der Waals surface area contributed by atoms with E-state index in [1.165, 1.54) is 25.7 Å². The number of nitriles is 1. The van der Waals surface area contributed by atoms with Crippen molar-refractivity contribution in [2.45, 2.75) is 59.0 Å². The molecule has 0 atom stereocenters. The SMILES string of the molecule is C=C1c2cc(-c3nc(C#N)ccc3-c3cnn(CC4(C)CCCC4)c3)cnc2CN1CCC. The Bertz CT molecular complexity index is 1240. The summed E-state index contributed by atoms with van der Waals surface area (Å²) >= 11 is 0. The van der Waals surface area contributed by atoms with Crippen molar-refractivity contribution in [1.29, 1.82) is 5.26 Å². The zero-order valence-corrected chi connectivity index (χ0v) is 19.5. The van der Waals surface area contributed by atoms with Gasteiger partial charge in [0.15, 0.2) is 0 Å². The first kappa shape index (κ1) is 21.4. The van der Waals surface area contributed by atoms with E-state index < -0.39 is 0 Å². The minimum absolute atomic E-state index is 0.323. The summed E-state index contributed by atoms with van der Waals surface area (Å²) in [7, 11) is 0. The molecule has 4 heterocycles. The van der Waals surface area contributed by atoms with Crippen LogP contribution in [0, 0.1) is 16.7 Å². The monoisotopic (exact) mass is 438 g/mol. The maximum Gasteiger partial charge on any atom is 0.141 e. The molecule has 0 N–H and O–H groups in total. The minimum atomic E-state index is 0.323. The lowest BCUT2D eigenvalue weighted by atomic mass is 9.89. The first-order valence-corrected chi connectivity index (χ1v) is 11.9. The van der Waals surface area contributed by atoms with Crippen LogP contribution in [0.3, 0.4) is 0 Å². The van der Waals surface area contributed by atoms with Crippen LogP contribution in [0.25, 0.3) is 28.1 Å². The Morgan fingerprint density at radius 1 is 1.15 bits per heavy atom. The molecule has 3 aromatic rings. The maximum absolute atomic E-state index is 9.49. The summed E-state index contributed by atoms with van der Waals surface area (Å²) in [5.41, 5.74) is 7.48. The van der Waals surface area contributed by atoms with Crippen molar-refractivity contribution in [2.24, 2.45) is 5.41 Å². The van der Waals surface area contributed by atoms with Crippen LogP contribution in [0.4, 0.5) is 0 Å². The molecule has 0 spiro atoms. The van der Waals surface area contributed by atoms with Crippen LogP contribution in [0.5, 0.6) is 0 Å². The first-order valence-electron chi connectivity index (χ1n) is 11.9. The van der Waals surface area contributed by atoms with Crippen LogP contribution in [0.15, 0.2) is 43.4 Å². The standard InChI is InChI=1S/C27H30N6/c1-4-11-32-17-25-24(19(32)2)12-20(14-29-25)26-23(8-7-22(13-28)31-26)21-15-30-33(16-21)18-27(3)9-5-6-10-27/h7-8,12,14-16H,2,4-6,9-11,17-18H2,1,3H3. The van der Waals surface area contributed by atoms with Gasteiger partial charge in [-0.3, -0.25) is 9.67 Å². The Morgan fingerprint density at radius 3 is 2.73 bits per heavy atom. The van der Waals surface area contributed by atoms with Gasteiger partial charge in [0.05, 0.1) is 24.1 Å². The van der Waals surface area contributed by atoms with Crippen molar-refractivity contribution in [2.75, 3.05) is 6.54 Å². The minimum Gasteiger partial charge on any atom is -0.366 e. The van der Waals surface area contributed by atoms with E-state index in [0.29, 0.717) is 11.1 Å². The van der Waals surface area contributed by atoms with E-state index in [1.807, 2.05) is 18.5 Å². The quantitative estimate of drug-likeness (QED) is 0.497. The highest BCUT2D eigenvalue weighted by atomic mass is 15.3. The second-order valence-corrected chi connectivity index (χ2v) is 9.74. The van der Waals surface area contributed by atoms with Crippen molar-refractivity contribution in [3.8, 4) is 28.5 Å². The van der Waals surface area contributed by atoms with Crippen LogP contribution in [0.1, 0.15) is 62.9 Å². The molecule has 1 aliphatic heterocycles. The number of hydrogen-bond acceptors (Lipinski definition) is 5. The van der Waals surface area contributed by atoms with E-state index in [4.69, 9.17) is 4.98 Å². The van der Waals surface area contributed by atoms with Crippen molar-refractivity contribution in [3.05, 3.63) is 60.3 Å². The fraction of sp³-hybridized carbons (Fsp3) is 0.407. The third-order valence-electron chi connectivity index (χ3n) is 7.08. The molecule has 6 nitrogen and oxygen atoms in total. The normalized spacial score (nSPS) is 16.8. The van der Waals surface area contributed by atoms with Gasteiger partial charge in [-0.05, 0) is 42.9 Å². The summed E-state index contributed by atoms with van der Waals surface area (Å²) in [6, 6.07) is 8.06. The molecular formula is C27H30N6. The van der Waals surface area contributed by atoms with Gasteiger partial charge in [0, 0.05) is 53.4 Å². The third-order valence-corrected chi connectivity index (χ3v) is 7.08. The van der Waals surface area contributed by atoms with Gasteiger partial charge in [0.1, 0.15) is 11.8 Å². The van der Waals surface area contributed by atoms with E-state index in [-0.39, 0.29) is 0 Å². The summed E-state index contributed by atoms with van der Waals surface area (Å²) in [5, 5.41) is 14.2. The van der Waals surface area contributed by atoms with Crippen molar-refractivity contribution in [3.63, 3.8) is 0 Å². The highest BCUT2D eigenvalue weighted by Crippen LogP contribution is 2.40. The van der Waals surface area contributed by atoms with Gasteiger partial charge >= 0.3 is 0 Å². The van der Waals surface area contributed by atoms with Crippen LogP contribution in [-0.4, -0.2) is 31.2 Å². The Kier molecular flexibility index (Phi) is 5.49. The maximum atomic E-state index is 9.49. The Hall–Kier alpha value is -3.46. The van der Waals surface area contributed by atoms with Crippen molar-refractivity contribution >= 4 is 5.70 Å². The predicted molar refractivity (Wildman–Crippen MR) is 130 cm³/mol. The lowest BCUT2D eigenvalue weighted by Crippen LogP contribution is -2.19. The Morgan fingerprint density at radius 2 is 1.97 bits per heavy atom. The number of nitrogens with zero attached hydrogens (tertiary/aromatic N) is 6. The zero-order valence-electron chi connectivity index (χ0n) is 19.5. The molecular weight excluding hydrogens is 408 g/mol.